The van der Waals surface area contributed by atoms with Gasteiger partial charge < -0.3 is 5.32 Å². The highest BCUT2D eigenvalue weighted by molar-refractivity contribution is 5.29. The summed E-state index contributed by atoms with van der Waals surface area (Å²) in [7, 11) is 2.05. The maximum absolute atomic E-state index is 3.33. The average Bonchev–Trinajstić information content (AvgIpc) is 2.35. The van der Waals surface area contributed by atoms with Crippen LogP contribution in [0.15, 0.2) is 24.3 Å². The molecule has 0 aliphatic carbocycles. The van der Waals surface area contributed by atoms with E-state index in [-0.39, 0.29) is 0 Å². The van der Waals surface area contributed by atoms with Crippen molar-refractivity contribution < 1.29 is 0 Å². The van der Waals surface area contributed by atoms with Crippen LogP contribution in [0.2, 0.25) is 0 Å². The Kier molecular flexibility index (Phi) is 4.19. The van der Waals surface area contributed by atoms with Crippen LogP contribution in [0.5, 0.6) is 0 Å². The third kappa shape index (κ3) is 2.88. The Bertz CT molecular complexity index is 360. The molecule has 2 rings (SSSR count). The largest absolute Gasteiger partial charge is 0.318 e. The fourth-order valence-electron chi connectivity index (χ4n) is 2.80. The Morgan fingerprint density at radius 1 is 1.24 bits per heavy atom. The average molecular weight is 232 g/mol. The molecule has 0 aromatic heterocycles. The SMILES string of the molecule is CNCC(C(C)C)N1CCc2ccccc2C1. The molecule has 0 bridgehead atoms. The third-order valence-corrected chi connectivity index (χ3v) is 3.81. The molecule has 0 saturated heterocycles. The van der Waals surface area contributed by atoms with Gasteiger partial charge in [-0.1, -0.05) is 38.1 Å². The molecule has 1 unspecified atom stereocenters. The van der Waals surface area contributed by atoms with Gasteiger partial charge in [-0.05, 0) is 30.5 Å². The maximum atomic E-state index is 3.33. The van der Waals surface area contributed by atoms with Crippen molar-refractivity contribution >= 4 is 0 Å². The van der Waals surface area contributed by atoms with Gasteiger partial charge in [-0.3, -0.25) is 4.90 Å². The molecule has 0 saturated carbocycles. The Hall–Kier alpha value is -0.860. The van der Waals surface area contributed by atoms with Crippen LogP contribution in [0, 0.1) is 5.92 Å². The van der Waals surface area contributed by atoms with E-state index in [1.807, 2.05) is 7.05 Å². The summed E-state index contributed by atoms with van der Waals surface area (Å²) in [6, 6.07) is 9.51. The van der Waals surface area contributed by atoms with Crippen molar-refractivity contribution in [1.29, 1.82) is 0 Å². The number of hydrogen-bond donors (Lipinski definition) is 1. The van der Waals surface area contributed by atoms with Crippen LogP contribution in [-0.2, 0) is 13.0 Å². The van der Waals surface area contributed by atoms with Gasteiger partial charge in [-0.2, -0.15) is 0 Å². The summed E-state index contributed by atoms with van der Waals surface area (Å²) in [5.74, 6) is 0.702. The quantitative estimate of drug-likeness (QED) is 0.857. The molecule has 1 atom stereocenters. The molecule has 1 heterocycles. The van der Waals surface area contributed by atoms with Crippen molar-refractivity contribution in [3.8, 4) is 0 Å². The molecule has 1 aromatic carbocycles. The first-order chi connectivity index (χ1) is 8.22. The van der Waals surface area contributed by atoms with Gasteiger partial charge in [0.05, 0.1) is 0 Å². The van der Waals surface area contributed by atoms with Gasteiger partial charge in [0.15, 0.2) is 0 Å². The van der Waals surface area contributed by atoms with Crippen molar-refractivity contribution in [3.05, 3.63) is 35.4 Å². The minimum Gasteiger partial charge on any atom is -0.318 e. The topological polar surface area (TPSA) is 15.3 Å². The first kappa shape index (κ1) is 12.6. The summed E-state index contributed by atoms with van der Waals surface area (Å²) in [4.78, 5) is 2.63. The second-order valence-corrected chi connectivity index (χ2v) is 5.36. The van der Waals surface area contributed by atoms with E-state index >= 15 is 0 Å². The second kappa shape index (κ2) is 5.65. The van der Waals surface area contributed by atoms with Crippen LogP contribution in [0.25, 0.3) is 0 Å². The van der Waals surface area contributed by atoms with E-state index in [2.05, 4.69) is 48.3 Å². The summed E-state index contributed by atoms with van der Waals surface area (Å²) in [6.45, 7) is 8.03. The third-order valence-electron chi connectivity index (χ3n) is 3.81. The lowest BCUT2D eigenvalue weighted by Crippen LogP contribution is -2.47. The Morgan fingerprint density at radius 2 is 1.94 bits per heavy atom. The predicted octanol–water partition coefficient (Wildman–Crippen LogP) is 2.29. The van der Waals surface area contributed by atoms with Crippen LogP contribution >= 0.6 is 0 Å². The molecule has 1 aromatic rings. The predicted molar refractivity (Wildman–Crippen MR) is 73.1 cm³/mol. The Morgan fingerprint density at radius 3 is 2.59 bits per heavy atom. The minimum atomic E-state index is 0.647. The fraction of sp³-hybridized carbons (Fsp3) is 0.600. The lowest BCUT2D eigenvalue weighted by Gasteiger charge is -2.37. The van der Waals surface area contributed by atoms with Gasteiger partial charge in [0, 0.05) is 25.7 Å². The smallest absolute Gasteiger partial charge is 0.0247 e. The van der Waals surface area contributed by atoms with Gasteiger partial charge in [0.2, 0.25) is 0 Å². The lowest BCUT2D eigenvalue weighted by atomic mass is 9.95. The molecule has 1 aliphatic heterocycles. The summed E-state index contributed by atoms with van der Waals surface area (Å²) in [5, 5.41) is 3.33. The highest BCUT2D eigenvalue weighted by Gasteiger charge is 2.24. The van der Waals surface area contributed by atoms with Crippen LogP contribution in [0.4, 0.5) is 0 Å². The van der Waals surface area contributed by atoms with Crippen LogP contribution < -0.4 is 5.32 Å². The maximum Gasteiger partial charge on any atom is 0.0247 e. The zero-order valence-electron chi connectivity index (χ0n) is 11.2. The molecule has 0 radical (unpaired) electrons. The normalized spacial score (nSPS) is 18.1. The molecule has 94 valence electrons. The molecule has 17 heavy (non-hydrogen) atoms. The van der Waals surface area contributed by atoms with Crippen LogP contribution in [-0.4, -0.2) is 31.1 Å². The van der Waals surface area contributed by atoms with E-state index in [1.54, 1.807) is 0 Å². The van der Waals surface area contributed by atoms with E-state index in [9.17, 15) is 0 Å². The van der Waals surface area contributed by atoms with Crippen molar-refractivity contribution in [2.75, 3.05) is 20.1 Å². The number of nitrogens with zero attached hydrogens (tertiary/aromatic N) is 1. The van der Waals surface area contributed by atoms with E-state index in [4.69, 9.17) is 0 Å². The number of benzene rings is 1. The number of nitrogens with one attached hydrogen (secondary N) is 1. The fourth-order valence-corrected chi connectivity index (χ4v) is 2.80. The molecule has 1 N–H and O–H groups in total. The van der Waals surface area contributed by atoms with Gasteiger partial charge in [-0.15, -0.1) is 0 Å². The zero-order chi connectivity index (χ0) is 12.3. The lowest BCUT2D eigenvalue weighted by molar-refractivity contribution is 0.138. The molecule has 0 spiro atoms. The standard InChI is InChI=1S/C15H24N2/c1-12(2)15(10-16-3)17-9-8-13-6-4-5-7-14(13)11-17/h4-7,12,15-16H,8-11H2,1-3H3. The first-order valence-corrected chi connectivity index (χ1v) is 6.67. The molecular formula is C15H24N2. The van der Waals surface area contributed by atoms with Gasteiger partial charge in [-0.25, -0.2) is 0 Å². The highest BCUT2D eigenvalue weighted by atomic mass is 15.2. The van der Waals surface area contributed by atoms with Crippen molar-refractivity contribution in [3.63, 3.8) is 0 Å². The van der Waals surface area contributed by atoms with Crippen molar-refractivity contribution in [2.24, 2.45) is 5.92 Å². The molecule has 2 nitrogen and oxygen atoms in total. The number of fused-ring (bicyclic) bond motifs is 1. The van der Waals surface area contributed by atoms with E-state index in [0.717, 1.165) is 13.1 Å². The molecule has 1 aliphatic rings. The number of likely N-dealkylation sites (N-methyl/N-ethyl adjacent to an activating group) is 1. The second-order valence-electron chi connectivity index (χ2n) is 5.36. The first-order valence-electron chi connectivity index (χ1n) is 6.67. The summed E-state index contributed by atoms with van der Waals surface area (Å²) in [6.07, 6.45) is 1.20. The van der Waals surface area contributed by atoms with Crippen molar-refractivity contribution in [1.82, 2.24) is 10.2 Å². The Labute approximate surface area is 105 Å². The molecule has 0 amide bonds. The highest BCUT2D eigenvalue weighted by Crippen LogP contribution is 2.22. The summed E-state index contributed by atoms with van der Waals surface area (Å²) < 4.78 is 0. The van der Waals surface area contributed by atoms with Gasteiger partial charge >= 0.3 is 0 Å². The van der Waals surface area contributed by atoms with E-state index in [0.29, 0.717) is 12.0 Å². The van der Waals surface area contributed by atoms with E-state index < -0.39 is 0 Å². The Balaban J connectivity index is 2.10. The van der Waals surface area contributed by atoms with Gasteiger partial charge in [0.1, 0.15) is 0 Å². The number of rotatable bonds is 4. The van der Waals surface area contributed by atoms with E-state index in [1.165, 1.54) is 24.1 Å². The van der Waals surface area contributed by atoms with Crippen LogP contribution in [0.1, 0.15) is 25.0 Å². The minimum absolute atomic E-state index is 0.647. The molecular weight excluding hydrogens is 208 g/mol. The monoisotopic (exact) mass is 232 g/mol. The van der Waals surface area contributed by atoms with Crippen molar-refractivity contribution in [2.45, 2.75) is 32.9 Å². The summed E-state index contributed by atoms with van der Waals surface area (Å²) in [5.41, 5.74) is 3.05. The zero-order valence-corrected chi connectivity index (χ0v) is 11.2. The van der Waals surface area contributed by atoms with Gasteiger partial charge in [0.25, 0.3) is 0 Å². The summed E-state index contributed by atoms with van der Waals surface area (Å²) >= 11 is 0. The molecule has 0 fully saturated rings. The molecule has 2 heteroatoms. The number of hydrogen-bond acceptors (Lipinski definition) is 2. The van der Waals surface area contributed by atoms with Crippen LogP contribution in [0.3, 0.4) is 0 Å².